The SMILES string of the molecule is C.C.C.C.CC(=O)CC(=O)CC(=O)OC(C)(C)C.CC(C)(C)OC(=O)CC(=O)CC(=O)/C=C/c1c(C2CC2)nc2ccccc2c1-c1ccc(F)cc1.O=Cc1c(C2CC2)nc2ccccc2c1-c1ccc(F)cc1. The molecule has 400 valence electrons. The number of hydrogen-bond donors (Lipinski definition) is 0. The van der Waals surface area contributed by atoms with Crippen molar-refractivity contribution in [3.8, 4) is 22.3 Å². The molecule has 2 aliphatic carbocycles. The number of ether oxygens (including phenoxy) is 2. The summed E-state index contributed by atoms with van der Waals surface area (Å²) in [7, 11) is 0. The smallest absolute Gasteiger partial charge is 0.313 e. The fourth-order valence-electron chi connectivity index (χ4n) is 7.88. The van der Waals surface area contributed by atoms with Crippen LogP contribution in [0.5, 0.6) is 0 Å². The van der Waals surface area contributed by atoms with Crippen LogP contribution in [0.15, 0.2) is 103 Å². The Hall–Kier alpha value is -7.41. The predicted molar refractivity (Wildman–Crippen MR) is 295 cm³/mol. The van der Waals surface area contributed by atoms with Crippen LogP contribution in [0.1, 0.15) is 169 Å². The predicted octanol–water partition coefficient (Wildman–Crippen LogP) is 14.7. The first-order valence-electron chi connectivity index (χ1n) is 23.6. The zero-order valence-electron chi connectivity index (χ0n) is 41.1. The van der Waals surface area contributed by atoms with Gasteiger partial charge >= 0.3 is 11.9 Å². The lowest BCUT2D eigenvalue weighted by molar-refractivity contribution is -0.158. The maximum absolute atomic E-state index is 13.7. The molecule has 8 rings (SSSR count). The molecule has 2 saturated carbocycles. The number of aromatic nitrogens is 2. The lowest BCUT2D eigenvalue weighted by Crippen LogP contribution is -2.25. The van der Waals surface area contributed by atoms with Gasteiger partial charge in [-0.2, -0.15) is 0 Å². The lowest BCUT2D eigenvalue weighted by Gasteiger charge is -2.19. The molecule has 0 bridgehead atoms. The molecule has 0 spiro atoms. The van der Waals surface area contributed by atoms with Crippen LogP contribution >= 0.6 is 0 Å². The third kappa shape index (κ3) is 18.8. The van der Waals surface area contributed by atoms with E-state index in [1.54, 1.807) is 71.9 Å². The maximum atomic E-state index is 13.7. The van der Waals surface area contributed by atoms with Gasteiger partial charge in [0, 0.05) is 44.9 Å². The number of ketones is 4. The number of esters is 2. The van der Waals surface area contributed by atoms with E-state index in [2.05, 4.69) is 0 Å². The molecule has 2 fully saturated rings. The minimum absolute atomic E-state index is 0. The van der Waals surface area contributed by atoms with Crippen LogP contribution in [0, 0.1) is 11.6 Å². The van der Waals surface area contributed by atoms with Gasteiger partial charge in [0.15, 0.2) is 23.6 Å². The zero-order chi connectivity index (χ0) is 51.6. The number of aldehydes is 1. The summed E-state index contributed by atoms with van der Waals surface area (Å²) < 4.78 is 37.0. The molecule has 13 heteroatoms. The highest BCUT2D eigenvalue weighted by Gasteiger charge is 2.31. The number of halogens is 2. The van der Waals surface area contributed by atoms with Crippen molar-refractivity contribution in [3.63, 3.8) is 0 Å². The highest BCUT2D eigenvalue weighted by atomic mass is 19.1. The summed E-state index contributed by atoms with van der Waals surface area (Å²) >= 11 is 0. The second-order valence-electron chi connectivity index (χ2n) is 19.7. The fraction of sp³-hybridized carbons (Fsp3) is 0.371. The number of hydrogen-bond acceptors (Lipinski definition) is 11. The Kier molecular flexibility index (Phi) is 23.6. The topological polar surface area (TPSA) is 164 Å². The van der Waals surface area contributed by atoms with Crippen molar-refractivity contribution in [3.05, 3.63) is 137 Å². The second kappa shape index (κ2) is 27.8. The lowest BCUT2D eigenvalue weighted by atomic mass is 9.92. The standard InChI is InChI=1S/C29H28FNO4.C19H14FNO.C10H16O4.4CH4/c1-29(2,3)35-26(34)17-22(33)16-21(32)14-15-24-27(18-10-12-20(30)13-11-18)23-6-4-5-7-25(23)31-28(24)19-8-9-19;20-14-9-7-12(8-10-14)18-15-3-1-2-4-17(15)21-19(13-5-6-13)16(18)11-22;1-7(11)5-8(12)6-9(13)14-10(2,3)4;;;;/h4-7,10-15,19H,8-9,16-17H2,1-3H3;1-4,7-11,13H,5-6H2;5-6H2,1-4H3;4*1H4/b15-14+;;;;;;. The Morgan fingerprint density at radius 2 is 0.920 bits per heavy atom. The van der Waals surface area contributed by atoms with Crippen LogP contribution in [-0.4, -0.2) is 62.5 Å². The van der Waals surface area contributed by atoms with Crippen molar-refractivity contribution in [2.45, 2.75) is 153 Å². The first kappa shape index (κ1) is 63.7. The minimum atomic E-state index is -0.694. The molecular weight excluding hydrogens is 955 g/mol. The monoisotopic (exact) mass is 1030 g/mol. The molecule has 0 atom stereocenters. The number of benzene rings is 4. The van der Waals surface area contributed by atoms with Crippen LogP contribution in [0.4, 0.5) is 8.78 Å². The van der Waals surface area contributed by atoms with E-state index in [-0.39, 0.29) is 66.4 Å². The maximum Gasteiger partial charge on any atom is 0.313 e. The van der Waals surface area contributed by atoms with E-state index in [4.69, 9.17) is 19.4 Å². The molecule has 0 aliphatic heterocycles. The van der Waals surface area contributed by atoms with Crippen molar-refractivity contribution >= 4 is 69.2 Å². The van der Waals surface area contributed by atoms with E-state index in [9.17, 15) is 42.3 Å². The average molecular weight is 1030 g/mol. The third-order valence-electron chi connectivity index (χ3n) is 11.0. The van der Waals surface area contributed by atoms with Crippen molar-refractivity contribution in [2.75, 3.05) is 0 Å². The molecule has 0 amide bonds. The number of carbonyl (C=O) groups is 7. The van der Waals surface area contributed by atoms with Crippen molar-refractivity contribution in [2.24, 2.45) is 0 Å². The molecule has 2 heterocycles. The van der Waals surface area contributed by atoms with Gasteiger partial charge in [0.2, 0.25) is 0 Å². The number of allylic oxidation sites excluding steroid dienone is 1. The second-order valence-corrected chi connectivity index (χ2v) is 19.7. The Morgan fingerprint density at radius 3 is 1.29 bits per heavy atom. The zero-order valence-corrected chi connectivity index (χ0v) is 41.1. The third-order valence-corrected chi connectivity index (χ3v) is 11.0. The number of pyridine rings is 2. The summed E-state index contributed by atoms with van der Waals surface area (Å²) in [5, 5.41) is 1.83. The van der Waals surface area contributed by atoms with Gasteiger partial charge in [-0.3, -0.25) is 43.5 Å². The minimum Gasteiger partial charge on any atom is -0.460 e. The molecule has 75 heavy (non-hydrogen) atoms. The van der Waals surface area contributed by atoms with Gasteiger partial charge in [0.25, 0.3) is 0 Å². The number of Topliss-reactive ketones (excluding diaryl/α,β-unsaturated/α-hetero) is 3. The van der Waals surface area contributed by atoms with E-state index in [0.717, 1.165) is 93.0 Å². The number of rotatable bonds is 15. The molecule has 0 saturated heterocycles. The molecule has 2 aliphatic rings. The molecule has 0 radical (unpaired) electrons. The molecule has 0 unspecified atom stereocenters. The van der Waals surface area contributed by atoms with Gasteiger partial charge in [-0.1, -0.05) is 90.4 Å². The summed E-state index contributed by atoms with van der Waals surface area (Å²) in [5.41, 5.74) is 7.07. The van der Waals surface area contributed by atoms with Gasteiger partial charge in [-0.05, 0) is 134 Å². The van der Waals surface area contributed by atoms with E-state index < -0.39 is 46.9 Å². The Morgan fingerprint density at radius 1 is 0.547 bits per heavy atom. The summed E-state index contributed by atoms with van der Waals surface area (Å²) in [4.78, 5) is 90.8. The molecule has 4 aromatic carbocycles. The van der Waals surface area contributed by atoms with E-state index in [0.29, 0.717) is 17.4 Å². The fourth-order valence-corrected chi connectivity index (χ4v) is 7.88. The van der Waals surface area contributed by atoms with Crippen LogP contribution < -0.4 is 0 Å². The van der Waals surface area contributed by atoms with Crippen molar-refractivity contribution in [1.29, 1.82) is 0 Å². The van der Waals surface area contributed by atoms with Crippen molar-refractivity contribution in [1.82, 2.24) is 9.97 Å². The quantitative estimate of drug-likeness (QED) is 0.0416. The first-order chi connectivity index (χ1) is 33.6. The largest absolute Gasteiger partial charge is 0.460 e. The van der Waals surface area contributed by atoms with Crippen LogP contribution in [0.3, 0.4) is 0 Å². The molecule has 2 aromatic heterocycles. The van der Waals surface area contributed by atoms with E-state index >= 15 is 0 Å². The highest BCUT2D eigenvalue weighted by molar-refractivity contribution is 6.11. The first-order valence-corrected chi connectivity index (χ1v) is 23.6. The van der Waals surface area contributed by atoms with Gasteiger partial charge in [-0.25, -0.2) is 8.78 Å². The normalized spacial score (nSPS) is 12.7. The number of carbonyl (C=O) groups excluding carboxylic acids is 7. The highest BCUT2D eigenvalue weighted by Crippen LogP contribution is 2.46. The average Bonchev–Trinajstić information content (AvgIpc) is 4.22. The molecule has 11 nitrogen and oxygen atoms in total. The van der Waals surface area contributed by atoms with Crippen LogP contribution in [0.2, 0.25) is 0 Å². The summed E-state index contributed by atoms with van der Waals surface area (Å²) in [6.07, 6.45) is 6.80. The molecular formula is C62H74F2N2O9. The van der Waals surface area contributed by atoms with E-state index in [1.807, 2.05) is 48.5 Å². The summed E-state index contributed by atoms with van der Waals surface area (Å²) in [6.45, 7) is 11.6. The Bertz CT molecular complexity index is 3010. The molecule has 0 N–H and O–H groups in total. The number of para-hydroxylation sites is 2. The molecule has 6 aromatic rings. The number of fused-ring (bicyclic) bond motifs is 2. The van der Waals surface area contributed by atoms with E-state index in [1.165, 1.54) is 37.3 Å². The van der Waals surface area contributed by atoms with Gasteiger partial charge < -0.3 is 9.47 Å². The van der Waals surface area contributed by atoms with Crippen LogP contribution in [0.25, 0.3) is 50.1 Å². The van der Waals surface area contributed by atoms with Gasteiger partial charge in [0.1, 0.15) is 41.5 Å². The Labute approximate surface area is 441 Å². The number of nitrogens with zero attached hydrogens (tertiary/aromatic N) is 2. The van der Waals surface area contributed by atoms with Crippen LogP contribution in [-0.2, 0) is 38.2 Å². The van der Waals surface area contributed by atoms with Gasteiger partial charge in [0.05, 0.1) is 35.3 Å². The summed E-state index contributed by atoms with van der Waals surface area (Å²) in [5.74, 6) is -2.69. The Balaban J connectivity index is 0.000000414. The summed E-state index contributed by atoms with van der Waals surface area (Å²) in [6, 6.07) is 28.1. The van der Waals surface area contributed by atoms with Gasteiger partial charge in [-0.15, -0.1) is 0 Å². The van der Waals surface area contributed by atoms with Crippen molar-refractivity contribution < 1.29 is 51.8 Å².